The summed E-state index contributed by atoms with van der Waals surface area (Å²) in [6, 6.07) is 14.3. The molecule has 0 heterocycles. The number of nitrogens with zero attached hydrogens (tertiary/aromatic N) is 1. The van der Waals surface area contributed by atoms with Crippen molar-refractivity contribution in [1.82, 2.24) is 5.32 Å². The summed E-state index contributed by atoms with van der Waals surface area (Å²) in [7, 11) is 2.90. The molecule has 2 rings (SSSR count). The summed E-state index contributed by atoms with van der Waals surface area (Å²) in [6.45, 7) is 2.04. The molecule has 0 spiro atoms. The zero-order valence-corrected chi connectivity index (χ0v) is 16.9. The number of hydrogen-bond acceptors (Lipinski definition) is 5. The monoisotopic (exact) mass is 398 g/mol. The lowest BCUT2D eigenvalue weighted by Crippen LogP contribution is -2.35. The van der Waals surface area contributed by atoms with E-state index in [1.165, 1.54) is 18.9 Å². The average molecular weight is 398 g/mol. The first-order valence-corrected chi connectivity index (χ1v) is 9.31. The molecule has 0 aromatic heterocycles. The van der Waals surface area contributed by atoms with Crippen LogP contribution in [0.4, 0.5) is 5.69 Å². The molecule has 2 aromatic rings. The number of esters is 1. The third-order valence-electron chi connectivity index (χ3n) is 4.41. The van der Waals surface area contributed by atoms with Gasteiger partial charge in [-0.3, -0.25) is 9.59 Å². The van der Waals surface area contributed by atoms with Crippen LogP contribution in [0.5, 0.6) is 5.75 Å². The fraction of sp³-hybridized carbons (Fsp3) is 0.318. The molecule has 7 nitrogen and oxygen atoms in total. The van der Waals surface area contributed by atoms with Crippen LogP contribution in [-0.4, -0.2) is 45.1 Å². The van der Waals surface area contributed by atoms with Gasteiger partial charge in [-0.2, -0.15) is 0 Å². The first-order valence-electron chi connectivity index (χ1n) is 9.31. The van der Waals surface area contributed by atoms with Crippen molar-refractivity contribution >= 4 is 23.5 Å². The van der Waals surface area contributed by atoms with E-state index in [4.69, 9.17) is 9.47 Å². The second-order valence-corrected chi connectivity index (χ2v) is 6.38. The summed E-state index contributed by atoms with van der Waals surface area (Å²) in [6.07, 6.45) is 0.789. The molecule has 0 aliphatic heterocycles. The van der Waals surface area contributed by atoms with Gasteiger partial charge in [0, 0.05) is 26.4 Å². The Morgan fingerprint density at radius 3 is 2.48 bits per heavy atom. The Morgan fingerprint density at radius 2 is 1.79 bits per heavy atom. The van der Waals surface area contributed by atoms with Crippen molar-refractivity contribution in [2.45, 2.75) is 19.8 Å². The minimum absolute atomic E-state index is 0.118. The van der Waals surface area contributed by atoms with Gasteiger partial charge in [0.15, 0.2) is 0 Å². The molecule has 2 aromatic carbocycles. The summed E-state index contributed by atoms with van der Waals surface area (Å²) < 4.78 is 9.97. The lowest BCUT2D eigenvalue weighted by Gasteiger charge is -2.23. The van der Waals surface area contributed by atoms with E-state index in [0.717, 1.165) is 11.3 Å². The predicted molar refractivity (Wildman–Crippen MR) is 110 cm³/mol. The summed E-state index contributed by atoms with van der Waals surface area (Å²) in [5, 5.41) is 2.85. The number of ether oxygens (including phenoxy) is 2. The van der Waals surface area contributed by atoms with Crippen molar-refractivity contribution < 1.29 is 23.9 Å². The summed E-state index contributed by atoms with van der Waals surface area (Å²) in [5.41, 5.74) is 1.77. The molecule has 0 fully saturated rings. The van der Waals surface area contributed by atoms with Gasteiger partial charge in [-0.15, -0.1) is 0 Å². The molecule has 0 saturated carbocycles. The maximum Gasteiger partial charge on any atom is 0.339 e. The van der Waals surface area contributed by atoms with Gasteiger partial charge in [-0.1, -0.05) is 24.3 Å². The summed E-state index contributed by atoms with van der Waals surface area (Å²) in [5.74, 6) is -0.190. The average Bonchev–Trinajstić information content (AvgIpc) is 2.73. The van der Waals surface area contributed by atoms with Gasteiger partial charge in [-0.05, 0) is 36.2 Å². The normalized spacial score (nSPS) is 10.2. The van der Waals surface area contributed by atoms with Crippen LogP contribution >= 0.6 is 0 Å². The van der Waals surface area contributed by atoms with Gasteiger partial charge in [0.1, 0.15) is 5.75 Å². The third-order valence-corrected chi connectivity index (χ3v) is 4.41. The SMILES string of the molecule is COC(=O)c1ccccc1N(CCC(=O)NCCc1cccc(OC)c1)C(C)=O. The van der Waals surface area contributed by atoms with Crippen LogP contribution in [0.25, 0.3) is 0 Å². The molecule has 0 aliphatic carbocycles. The van der Waals surface area contributed by atoms with Crippen molar-refractivity contribution in [3.8, 4) is 5.75 Å². The Hall–Kier alpha value is -3.35. The fourth-order valence-electron chi connectivity index (χ4n) is 2.92. The zero-order valence-electron chi connectivity index (χ0n) is 16.9. The number of benzene rings is 2. The highest BCUT2D eigenvalue weighted by Gasteiger charge is 2.20. The minimum Gasteiger partial charge on any atom is -0.497 e. The Balaban J connectivity index is 1.93. The summed E-state index contributed by atoms with van der Waals surface area (Å²) >= 11 is 0. The maximum atomic E-state index is 12.2. The molecule has 1 N–H and O–H groups in total. The first-order chi connectivity index (χ1) is 14.0. The number of amides is 2. The molecule has 2 amide bonds. The van der Waals surface area contributed by atoms with Crippen LogP contribution in [0.2, 0.25) is 0 Å². The van der Waals surface area contributed by atoms with Crippen LogP contribution in [0.1, 0.15) is 29.3 Å². The Morgan fingerprint density at radius 1 is 1.03 bits per heavy atom. The largest absolute Gasteiger partial charge is 0.497 e. The second kappa shape index (κ2) is 10.8. The number of carbonyl (C=O) groups excluding carboxylic acids is 3. The topological polar surface area (TPSA) is 84.9 Å². The molecule has 0 unspecified atom stereocenters. The van der Waals surface area contributed by atoms with E-state index in [1.807, 2.05) is 24.3 Å². The number of carbonyl (C=O) groups is 3. The molecular weight excluding hydrogens is 372 g/mol. The van der Waals surface area contributed by atoms with Gasteiger partial charge >= 0.3 is 5.97 Å². The number of nitrogens with one attached hydrogen (secondary N) is 1. The molecule has 0 saturated heterocycles. The van der Waals surface area contributed by atoms with Crippen molar-refractivity contribution in [3.05, 3.63) is 59.7 Å². The number of anilines is 1. The molecule has 7 heteroatoms. The number of hydrogen-bond donors (Lipinski definition) is 1. The minimum atomic E-state index is -0.533. The molecular formula is C22H26N2O5. The smallest absolute Gasteiger partial charge is 0.339 e. The van der Waals surface area contributed by atoms with Crippen LogP contribution in [-0.2, 0) is 20.7 Å². The van der Waals surface area contributed by atoms with E-state index in [0.29, 0.717) is 18.7 Å². The Kier molecular flexibility index (Phi) is 8.21. The highest BCUT2D eigenvalue weighted by Crippen LogP contribution is 2.22. The Labute approximate surface area is 170 Å². The predicted octanol–water partition coefficient (Wildman–Crippen LogP) is 2.58. The first kappa shape index (κ1) is 21.9. The molecule has 154 valence electrons. The molecule has 0 atom stereocenters. The number of rotatable bonds is 9. The highest BCUT2D eigenvalue weighted by molar-refractivity contribution is 6.02. The third kappa shape index (κ3) is 6.34. The van der Waals surface area contributed by atoms with E-state index in [9.17, 15) is 14.4 Å². The van der Waals surface area contributed by atoms with E-state index in [-0.39, 0.29) is 30.3 Å². The second-order valence-electron chi connectivity index (χ2n) is 6.38. The van der Waals surface area contributed by atoms with Crippen molar-refractivity contribution in [3.63, 3.8) is 0 Å². The van der Waals surface area contributed by atoms with Gasteiger partial charge in [0.2, 0.25) is 11.8 Å². The lowest BCUT2D eigenvalue weighted by molar-refractivity contribution is -0.121. The van der Waals surface area contributed by atoms with Crippen LogP contribution in [0.3, 0.4) is 0 Å². The van der Waals surface area contributed by atoms with Gasteiger partial charge in [-0.25, -0.2) is 4.79 Å². The summed E-state index contributed by atoms with van der Waals surface area (Å²) in [4.78, 5) is 37.7. The molecule has 29 heavy (non-hydrogen) atoms. The molecule has 0 bridgehead atoms. The van der Waals surface area contributed by atoms with Crippen molar-refractivity contribution in [1.29, 1.82) is 0 Å². The zero-order chi connectivity index (χ0) is 21.2. The number of para-hydroxylation sites is 1. The van der Waals surface area contributed by atoms with Crippen molar-refractivity contribution in [2.75, 3.05) is 32.2 Å². The maximum absolute atomic E-state index is 12.2. The molecule has 0 radical (unpaired) electrons. The van der Waals surface area contributed by atoms with Gasteiger partial charge in [0.25, 0.3) is 0 Å². The standard InChI is InChI=1S/C22H26N2O5/c1-16(25)24(20-10-5-4-9-19(20)22(27)29-3)14-12-21(26)23-13-11-17-7-6-8-18(15-17)28-2/h4-10,15H,11-14H2,1-3H3,(H,23,26). The van der Waals surface area contributed by atoms with Gasteiger partial charge < -0.3 is 19.7 Å². The van der Waals surface area contributed by atoms with E-state index >= 15 is 0 Å². The van der Waals surface area contributed by atoms with Crippen molar-refractivity contribution in [2.24, 2.45) is 0 Å². The highest BCUT2D eigenvalue weighted by atomic mass is 16.5. The quantitative estimate of drug-likeness (QED) is 0.657. The van der Waals surface area contributed by atoms with Crippen LogP contribution < -0.4 is 15.0 Å². The van der Waals surface area contributed by atoms with Crippen LogP contribution in [0.15, 0.2) is 48.5 Å². The van der Waals surface area contributed by atoms with Crippen LogP contribution in [0, 0.1) is 0 Å². The van der Waals surface area contributed by atoms with Gasteiger partial charge in [0.05, 0.1) is 25.5 Å². The molecule has 0 aliphatic rings. The fourth-order valence-corrected chi connectivity index (χ4v) is 2.92. The number of methoxy groups -OCH3 is 2. The lowest BCUT2D eigenvalue weighted by atomic mass is 10.1. The van der Waals surface area contributed by atoms with E-state index in [2.05, 4.69) is 5.32 Å². The van der Waals surface area contributed by atoms with E-state index in [1.54, 1.807) is 31.4 Å². The van der Waals surface area contributed by atoms with E-state index < -0.39 is 5.97 Å². The Bertz CT molecular complexity index is 866.